The number of rotatable bonds is 8. The maximum absolute atomic E-state index is 12.0. The van der Waals surface area contributed by atoms with Gasteiger partial charge in [-0.25, -0.2) is 14.8 Å². The monoisotopic (exact) mass is 463 g/mol. The number of ether oxygens (including phenoxy) is 1. The van der Waals surface area contributed by atoms with Crippen molar-refractivity contribution < 1.29 is 9.53 Å². The van der Waals surface area contributed by atoms with E-state index in [1.165, 1.54) is 45.0 Å². The van der Waals surface area contributed by atoms with Crippen molar-refractivity contribution in [3.63, 3.8) is 0 Å². The molecule has 0 unspecified atom stereocenters. The van der Waals surface area contributed by atoms with E-state index in [0.29, 0.717) is 12.0 Å². The van der Waals surface area contributed by atoms with Gasteiger partial charge in [0.2, 0.25) is 0 Å². The van der Waals surface area contributed by atoms with Crippen LogP contribution in [0.1, 0.15) is 47.4 Å². The fourth-order valence-electron chi connectivity index (χ4n) is 4.57. The molecule has 0 radical (unpaired) electrons. The van der Waals surface area contributed by atoms with E-state index in [4.69, 9.17) is 14.7 Å². The van der Waals surface area contributed by atoms with Crippen LogP contribution in [0.25, 0.3) is 21.9 Å². The highest BCUT2D eigenvalue weighted by Gasteiger charge is 2.16. The molecule has 1 fully saturated rings. The van der Waals surface area contributed by atoms with Gasteiger partial charge in [0.15, 0.2) is 0 Å². The number of aromatic nitrogens is 3. The van der Waals surface area contributed by atoms with Crippen LogP contribution in [0, 0.1) is 0 Å². The molecule has 7 nitrogen and oxygen atoms in total. The third-order valence-corrected chi connectivity index (χ3v) is 6.99. The zero-order valence-electron chi connectivity index (χ0n) is 18.9. The second kappa shape index (κ2) is 9.89. The molecule has 0 saturated carbocycles. The van der Waals surface area contributed by atoms with Crippen LogP contribution in [-0.4, -0.2) is 59.1 Å². The molecule has 172 valence electrons. The Morgan fingerprint density at radius 2 is 2.09 bits per heavy atom. The first-order valence-corrected chi connectivity index (χ1v) is 12.5. The lowest BCUT2D eigenvalue weighted by Crippen LogP contribution is -2.31. The number of thiophene rings is 1. The van der Waals surface area contributed by atoms with E-state index in [1.807, 2.05) is 12.1 Å². The molecule has 1 aromatic carbocycles. The minimum atomic E-state index is -0.351. The summed E-state index contributed by atoms with van der Waals surface area (Å²) in [6.07, 6.45) is 5.74. The molecular weight excluding hydrogens is 434 g/mol. The van der Waals surface area contributed by atoms with Crippen molar-refractivity contribution >= 4 is 45.1 Å². The third-order valence-electron chi connectivity index (χ3n) is 6.25. The van der Waals surface area contributed by atoms with Gasteiger partial charge in [0.25, 0.3) is 0 Å². The molecule has 1 saturated heterocycles. The van der Waals surface area contributed by atoms with Crippen molar-refractivity contribution in [2.24, 2.45) is 0 Å². The first kappa shape index (κ1) is 21.9. The molecule has 0 bridgehead atoms. The van der Waals surface area contributed by atoms with Crippen molar-refractivity contribution in [3.8, 4) is 0 Å². The molecule has 5 rings (SSSR count). The van der Waals surface area contributed by atoms with Gasteiger partial charge in [-0.15, -0.1) is 0 Å². The molecule has 1 aliphatic rings. The van der Waals surface area contributed by atoms with E-state index in [1.54, 1.807) is 17.4 Å². The van der Waals surface area contributed by atoms with Crippen molar-refractivity contribution in [1.82, 2.24) is 19.9 Å². The minimum absolute atomic E-state index is 0.351. The summed E-state index contributed by atoms with van der Waals surface area (Å²) in [5.74, 6) is 1.27. The molecule has 0 atom stereocenters. The number of H-pyrrole nitrogens is 1. The maximum atomic E-state index is 12.0. The number of piperidine rings is 1. The van der Waals surface area contributed by atoms with E-state index >= 15 is 0 Å². The average molecular weight is 464 g/mol. The third kappa shape index (κ3) is 4.86. The summed E-state index contributed by atoms with van der Waals surface area (Å²) < 4.78 is 4.88. The quantitative estimate of drug-likeness (QED) is 0.287. The molecule has 0 amide bonds. The van der Waals surface area contributed by atoms with Crippen molar-refractivity contribution in [1.29, 1.82) is 0 Å². The largest absolute Gasteiger partial charge is 0.465 e. The number of aromatic amines is 1. The van der Waals surface area contributed by atoms with E-state index in [-0.39, 0.29) is 5.97 Å². The molecule has 0 spiro atoms. The molecular formula is C25H29N5O2S. The van der Waals surface area contributed by atoms with Crippen molar-refractivity contribution in [2.75, 3.05) is 38.6 Å². The Morgan fingerprint density at radius 3 is 2.88 bits per heavy atom. The highest BCUT2D eigenvalue weighted by molar-refractivity contribution is 7.07. The van der Waals surface area contributed by atoms with E-state index in [2.05, 4.69) is 32.0 Å². The summed E-state index contributed by atoms with van der Waals surface area (Å²) in [5.41, 5.74) is 3.36. The average Bonchev–Trinajstić information content (AvgIpc) is 3.48. The van der Waals surface area contributed by atoms with Gasteiger partial charge >= 0.3 is 5.97 Å². The van der Waals surface area contributed by atoms with Crippen LogP contribution in [0.15, 0.2) is 35.0 Å². The number of methoxy groups -OCH3 is 1. The SMILES string of the molecule is COC(=O)c1ccc2c(c1)[nH]c1nc(Cc3ccsc3)nc(NCCCN3CCCCC3)c12. The number of benzene rings is 1. The summed E-state index contributed by atoms with van der Waals surface area (Å²) >= 11 is 1.68. The standard InChI is InChI=1S/C25H29N5O2S/c1-32-25(31)18-6-7-19-20(15-18)27-24-22(19)23(26-9-5-12-30-10-3-2-4-11-30)28-21(29-24)14-17-8-13-33-16-17/h6-8,13,15-16H,2-5,9-12,14H2,1H3,(H2,26,27,28,29). The number of hydrogen-bond acceptors (Lipinski definition) is 7. The number of carbonyl (C=O) groups excluding carboxylic acids is 1. The van der Waals surface area contributed by atoms with Gasteiger partial charge in [-0.3, -0.25) is 0 Å². The van der Waals surface area contributed by atoms with Gasteiger partial charge in [0.1, 0.15) is 17.3 Å². The van der Waals surface area contributed by atoms with Gasteiger partial charge < -0.3 is 19.9 Å². The smallest absolute Gasteiger partial charge is 0.337 e. The molecule has 8 heteroatoms. The Morgan fingerprint density at radius 1 is 1.21 bits per heavy atom. The number of anilines is 1. The maximum Gasteiger partial charge on any atom is 0.337 e. The fourth-order valence-corrected chi connectivity index (χ4v) is 5.23. The first-order valence-electron chi connectivity index (χ1n) is 11.6. The molecule has 4 aromatic rings. The van der Waals surface area contributed by atoms with Crippen LogP contribution in [0.3, 0.4) is 0 Å². The zero-order chi connectivity index (χ0) is 22.6. The second-order valence-corrected chi connectivity index (χ2v) is 9.36. The lowest BCUT2D eigenvalue weighted by Gasteiger charge is -2.26. The summed E-state index contributed by atoms with van der Waals surface area (Å²) in [6, 6.07) is 7.67. The van der Waals surface area contributed by atoms with Gasteiger partial charge in [-0.2, -0.15) is 11.3 Å². The molecule has 3 aromatic heterocycles. The zero-order valence-corrected chi connectivity index (χ0v) is 19.7. The predicted octanol–water partition coefficient (Wildman–Crippen LogP) is 4.84. The van der Waals surface area contributed by atoms with Crippen LogP contribution >= 0.6 is 11.3 Å². The topological polar surface area (TPSA) is 83.1 Å². The van der Waals surface area contributed by atoms with Gasteiger partial charge in [-0.1, -0.05) is 12.5 Å². The van der Waals surface area contributed by atoms with Gasteiger partial charge in [-0.05, 0) is 73.4 Å². The molecule has 4 heterocycles. The summed E-state index contributed by atoms with van der Waals surface area (Å²) in [4.78, 5) is 27.7. The Bertz CT molecular complexity index is 1240. The highest BCUT2D eigenvalue weighted by atomic mass is 32.1. The van der Waals surface area contributed by atoms with Crippen molar-refractivity contribution in [3.05, 3.63) is 52.0 Å². The lowest BCUT2D eigenvalue weighted by atomic mass is 10.1. The lowest BCUT2D eigenvalue weighted by molar-refractivity contribution is 0.0601. The molecule has 1 aliphatic heterocycles. The number of hydrogen-bond donors (Lipinski definition) is 2. The molecule has 2 N–H and O–H groups in total. The number of nitrogens with zero attached hydrogens (tertiary/aromatic N) is 3. The normalized spacial score (nSPS) is 14.7. The van der Waals surface area contributed by atoms with Crippen LogP contribution in [0.2, 0.25) is 0 Å². The van der Waals surface area contributed by atoms with Crippen LogP contribution in [0.5, 0.6) is 0 Å². The van der Waals surface area contributed by atoms with Crippen LogP contribution in [0.4, 0.5) is 5.82 Å². The predicted molar refractivity (Wildman–Crippen MR) is 133 cm³/mol. The fraction of sp³-hybridized carbons (Fsp3) is 0.400. The Kier molecular flexibility index (Phi) is 6.55. The molecule has 33 heavy (non-hydrogen) atoms. The van der Waals surface area contributed by atoms with E-state index < -0.39 is 0 Å². The van der Waals surface area contributed by atoms with Crippen LogP contribution in [-0.2, 0) is 11.2 Å². The number of carbonyl (C=O) groups is 1. The first-order chi connectivity index (χ1) is 16.2. The minimum Gasteiger partial charge on any atom is -0.465 e. The number of likely N-dealkylation sites (tertiary alicyclic amines) is 1. The number of fused-ring (bicyclic) bond motifs is 3. The van der Waals surface area contributed by atoms with Crippen molar-refractivity contribution in [2.45, 2.75) is 32.1 Å². The summed E-state index contributed by atoms with van der Waals surface area (Å²) in [5, 5.41) is 9.76. The molecule has 0 aliphatic carbocycles. The number of nitrogens with one attached hydrogen (secondary N) is 2. The highest BCUT2D eigenvalue weighted by Crippen LogP contribution is 2.31. The van der Waals surface area contributed by atoms with E-state index in [9.17, 15) is 4.79 Å². The number of esters is 1. The van der Waals surface area contributed by atoms with Gasteiger partial charge in [0.05, 0.1) is 18.1 Å². The van der Waals surface area contributed by atoms with E-state index in [0.717, 1.165) is 53.1 Å². The summed E-state index contributed by atoms with van der Waals surface area (Å²) in [6.45, 7) is 4.40. The second-order valence-electron chi connectivity index (χ2n) is 8.58. The summed E-state index contributed by atoms with van der Waals surface area (Å²) in [7, 11) is 1.39. The Hall–Kier alpha value is -2.97. The Balaban J connectivity index is 1.44. The van der Waals surface area contributed by atoms with Gasteiger partial charge in [0, 0.05) is 23.9 Å². The Labute approximate surface area is 197 Å². The van der Waals surface area contributed by atoms with Crippen LogP contribution < -0.4 is 5.32 Å².